The van der Waals surface area contributed by atoms with Crippen molar-refractivity contribution in [2.45, 2.75) is 6.54 Å². The lowest BCUT2D eigenvalue weighted by molar-refractivity contribution is 0.0958. The highest BCUT2D eigenvalue weighted by Crippen LogP contribution is 2.10. The smallest absolute Gasteiger partial charge is 0.271 e. The number of hydrogen-bond donors (Lipinski definition) is 2. The molecule has 124 valence electrons. The number of nitrogens with one attached hydrogen (secondary N) is 2. The highest BCUT2D eigenvalue weighted by atomic mass is 16.1. The molecule has 0 saturated carbocycles. The topological polar surface area (TPSA) is 113 Å². The second kappa shape index (κ2) is 6.44. The third-order valence-corrected chi connectivity index (χ3v) is 3.29. The van der Waals surface area contributed by atoms with Gasteiger partial charge >= 0.3 is 0 Å². The molecule has 0 radical (unpaired) electrons. The summed E-state index contributed by atoms with van der Waals surface area (Å²) >= 11 is 0. The summed E-state index contributed by atoms with van der Waals surface area (Å²) in [5, 5.41) is 18.3. The monoisotopic (exact) mass is 327 g/mol. The fourth-order valence-corrected chi connectivity index (χ4v) is 2.03. The van der Waals surface area contributed by atoms with E-state index in [9.17, 15) is 4.79 Å². The highest BCUT2D eigenvalue weighted by Gasteiger charge is 2.10. The third-order valence-electron chi connectivity index (χ3n) is 3.29. The second-order valence-electron chi connectivity index (χ2n) is 5.19. The summed E-state index contributed by atoms with van der Waals surface area (Å²) in [5.41, 5.74) is 0.893. The Kier molecular flexibility index (Phi) is 4.18. The van der Waals surface area contributed by atoms with Crippen molar-refractivity contribution in [3.8, 4) is 0 Å². The van der Waals surface area contributed by atoms with Crippen LogP contribution in [-0.2, 0) is 6.54 Å². The van der Waals surface area contributed by atoms with Crippen molar-refractivity contribution < 1.29 is 4.79 Å². The van der Waals surface area contributed by atoms with Crippen LogP contribution in [0.5, 0.6) is 0 Å². The zero-order chi connectivity index (χ0) is 17.1. The molecule has 10 heteroatoms. The molecule has 3 aromatic rings. The van der Waals surface area contributed by atoms with E-state index in [2.05, 4.69) is 35.9 Å². The molecule has 3 heterocycles. The van der Waals surface area contributed by atoms with Crippen LogP contribution in [0.2, 0.25) is 0 Å². The lowest BCUT2D eigenvalue weighted by atomic mass is 10.4. The number of nitrogens with zero attached hydrogens (tertiary/aromatic N) is 7. The lowest BCUT2D eigenvalue weighted by Gasteiger charge is -2.11. The first kappa shape index (κ1) is 15.6. The molecule has 0 fully saturated rings. The molecule has 1 amide bonds. The number of hydrogen-bond acceptors (Lipinski definition) is 8. The van der Waals surface area contributed by atoms with Crippen molar-refractivity contribution in [1.29, 1.82) is 0 Å². The molecule has 0 spiro atoms. The van der Waals surface area contributed by atoms with E-state index in [1.807, 2.05) is 31.1 Å². The third kappa shape index (κ3) is 3.07. The summed E-state index contributed by atoms with van der Waals surface area (Å²) in [6.07, 6.45) is 2.94. The van der Waals surface area contributed by atoms with Gasteiger partial charge in [0.25, 0.3) is 5.91 Å². The minimum absolute atomic E-state index is 0.238. The van der Waals surface area contributed by atoms with Gasteiger partial charge in [-0.3, -0.25) is 9.78 Å². The van der Waals surface area contributed by atoms with Crippen molar-refractivity contribution in [1.82, 2.24) is 35.1 Å². The molecular formula is C14H17N9O. The molecule has 0 aromatic carbocycles. The summed E-state index contributed by atoms with van der Waals surface area (Å²) in [5.74, 6) is 1.60. The van der Waals surface area contributed by atoms with Crippen LogP contribution >= 0.6 is 0 Å². The molecule has 24 heavy (non-hydrogen) atoms. The zero-order valence-electron chi connectivity index (χ0n) is 13.6. The van der Waals surface area contributed by atoms with Crippen LogP contribution in [-0.4, -0.2) is 56.8 Å². The van der Waals surface area contributed by atoms with E-state index in [-0.39, 0.29) is 11.6 Å². The predicted molar refractivity (Wildman–Crippen MR) is 87.9 cm³/mol. The predicted octanol–water partition coefficient (Wildman–Crippen LogP) is -0.0480. The van der Waals surface area contributed by atoms with Crippen molar-refractivity contribution in [3.63, 3.8) is 0 Å². The molecule has 10 nitrogen and oxygen atoms in total. The Hall–Kier alpha value is -3.30. The van der Waals surface area contributed by atoms with E-state index in [1.54, 1.807) is 11.6 Å². The van der Waals surface area contributed by atoms with Crippen molar-refractivity contribution in [2.75, 3.05) is 31.4 Å². The Morgan fingerprint density at radius 3 is 2.83 bits per heavy atom. The number of fused-ring (bicyclic) bond motifs is 1. The first-order valence-electron chi connectivity index (χ1n) is 7.25. The summed E-state index contributed by atoms with van der Waals surface area (Å²) in [6.45, 7) is 0.344. The quantitative estimate of drug-likeness (QED) is 0.671. The first-order chi connectivity index (χ1) is 11.6. The van der Waals surface area contributed by atoms with Crippen LogP contribution in [0.4, 0.5) is 11.6 Å². The van der Waals surface area contributed by atoms with E-state index in [1.165, 1.54) is 12.4 Å². The van der Waals surface area contributed by atoms with Crippen LogP contribution in [0.1, 0.15) is 16.3 Å². The fraction of sp³-hybridized carbons (Fsp3) is 0.286. The molecular weight excluding hydrogens is 310 g/mol. The number of anilines is 2. The molecule has 2 N–H and O–H groups in total. The number of amides is 1. The summed E-state index contributed by atoms with van der Waals surface area (Å²) < 4.78 is 1.67. The molecule has 0 aliphatic rings. The summed E-state index contributed by atoms with van der Waals surface area (Å²) in [6, 6.07) is 3.73. The minimum Gasteiger partial charge on any atom is -0.361 e. The largest absolute Gasteiger partial charge is 0.361 e. The van der Waals surface area contributed by atoms with Gasteiger partial charge in [0, 0.05) is 21.1 Å². The molecule has 0 bridgehead atoms. The van der Waals surface area contributed by atoms with E-state index in [0.29, 0.717) is 23.8 Å². The SMILES string of the molecule is CNC(=O)c1cncc(NCc2nnc3ccc(N(C)C)nn23)n1. The molecule has 0 unspecified atom stereocenters. The molecule has 0 aliphatic heterocycles. The van der Waals surface area contributed by atoms with Crippen LogP contribution < -0.4 is 15.5 Å². The average molecular weight is 327 g/mol. The van der Waals surface area contributed by atoms with E-state index < -0.39 is 0 Å². The zero-order valence-corrected chi connectivity index (χ0v) is 13.6. The molecule has 0 aliphatic carbocycles. The summed E-state index contributed by atoms with van der Waals surface area (Å²) in [7, 11) is 5.37. The lowest BCUT2D eigenvalue weighted by Crippen LogP contribution is -2.20. The maximum Gasteiger partial charge on any atom is 0.271 e. The maximum atomic E-state index is 11.6. The van der Waals surface area contributed by atoms with Crippen LogP contribution in [0.3, 0.4) is 0 Å². The van der Waals surface area contributed by atoms with Gasteiger partial charge in [0.1, 0.15) is 17.3 Å². The Morgan fingerprint density at radius 1 is 1.25 bits per heavy atom. The number of rotatable bonds is 5. The molecule has 3 aromatic heterocycles. The Labute approximate surface area is 137 Å². The average Bonchev–Trinajstić information content (AvgIpc) is 3.01. The molecule has 0 saturated heterocycles. The van der Waals surface area contributed by atoms with E-state index in [0.717, 1.165) is 5.82 Å². The van der Waals surface area contributed by atoms with Gasteiger partial charge in [0.05, 0.1) is 18.9 Å². The van der Waals surface area contributed by atoms with E-state index in [4.69, 9.17) is 0 Å². The minimum atomic E-state index is -0.295. The number of carbonyl (C=O) groups is 1. The number of carbonyl (C=O) groups excluding carboxylic acids is 1. The van der Waals surface area contributed by atoms with Gasteiger partial charge in [-0.25, -0.2) is 4.98 Å². The van der Waals surface area contributed by atoms with Crippen LogP contribution in [0, 0.1) is 0 Å². The van der Waals surface area contributed by atoms with Gasteiger partial charge in [0.15, 0.2) is 11.5 Å². The first-order valence-corrected chi connectivity index (χ1v) is 7.25. The van der Waals surface area contributed by atoms with Crippen LogP contribution in [0.15, 0.2) is 24.5 Å². The Balaban J connectivity index is 1.81. The van der Waals surface area contributed by atoms with Gasteiger partial charge in [0.2, 0.25) is 0 Å². The van der Waals surface area contributed by atoms with E-state index >= 15 is 0 Å². The van der Waals surface area contributed by atoms with Crippen LogP contribution in [0.25, 0.3) is 5.65 Å². The maximum absolute atomic E-state index is 11.6. The normalized spacial score (nSPS) is 10.6. The highest BCUT2D eigenvalue weighted by molar-refractivity contribution is 5.91. The van der Waals surface area contributed by atoms with Gasteiger partial charge in [-0.15, -0.1) is 15.3 Å². The molecule has 0 atom stereocenters. The van der Waals surface area contributed by atoms with Crippen molar-refractivity contribution >= 4 is 23.2 Å². The standard InChI is InChI=1S/C14H17N9O/c1-15-14(24)9-6-16-7-10(18-9)17-8-13-20-19-11-4-5-12(22(2)3)21-23(11)13/h4-7H,8H2,1-3H3,(H,15,24)(H,17,18). The Morgan fingerprint density at radius 2 is 2.08 bits per heavy atom. The Bertz CT molecular complexity index is 874. The number of aromatic nitrogens is 6. The van der Waals surface area contributed by atoms with Gasteiger partial charge in [-0.1, -0.05) is 0 Å². The van der Waals surface area contributed by atoms with Gasteiger partial charge in [-0.2, -0.15) is 4.52 Å². The molecule has 3 rings (SSSR count). The van der Waals surface area contributed by atoms with Gasteiger partial charge < -0.3 is 15.5 Å². The van der Waals surface area contributed by atoms with Gasteiger partial charge in [-0.05, 0) is 12.1 Å². The fourth-order valence-electron chi connectivity index (χ4n) is 2.03. The van der Waals surface area contributed by atoms with Crippen molar-refractivity contribution in [3.05, 3.63) is 36.0 Å². The van der Waals surface area contributed by atoms with Crippen molar-refractivity contribution in [2.24, 2.45) is 0 Å². The second-order valence-corrected chi connectivity index (χ2v) is 5.19. The summed E-state index contributed by atoms with van der Waals surface area (Å²) in [4.78, 5) is 21.7.